The largest absolute Gasteiger partial charge is 0.375 e. The lowest BCUT2D eigenvalue weighted by Gasteiger charge is -2.64. The fourth-order valence-corrected chi connectivity index (χ4v) is 5.41. The summed E-state index contributed by atoms with van der Waals surface area (Å²) in [6.45, 7) is 7.49. The Bertz CT molecular complexity index is 773. The van der Waals surface area contributed by atoms with E-state index in [0.717, 1.165) is 31.6 Å². The number of ether oxygens (including phenoxy) is 1. The number of hydrogen-bond donors (Lipinski definition) is 2. The third kappa shape index (κ3) is 2.57. The van der Waals surface area contributed by atoms with E-state index in [9.17, 15) is 9.59 Å². The van der Waals surface area contributed by atoms with E-state index >= 15 is 0 Å². The van der Waals surface area contributed by atoms with Gasteiger partial charge in [0.2, 0.25) is 0 Å². The summed E-state index contributed by atoms with van der Waals surface area (Å²) in [6, 6.07) is 0. The lowest BCUT2D eigenvalue weighted by molar-refractivity contribution is -0.104. The summed E-state index contributed by atoms with van der Waals surface area (Å²) in [5.74, 6) is 1.32. The highest BCUT2D eigenvalue weighted by Crippen LogP contribution is 2.63. The van der Waals surface area contributed by atoms with Crippen LogP contribution in [0.2, 0.25) is 0 Å². The van der Waals surface area contributed by atoms with Gasteiger partial charge in [-0.3, -0.25) is 14.7 Å². The Balaban J connectivity index is 1.60. The van der Waals surface area contributed by atoms with Crippen molar-refractivity contribution >= 4 is 5.69 Å². The molecule has 3 saturated carbocycles. The Labute approximate surface area is 147 Å². The molecule has 1 saturated heterocycles. The Morgan fingerprint density at radius 2 is 2.04 bits per heavy atom. The van der Waals surface area contributed by atoms with Crippen molar-refractivity contribution in [2.24, 2.45) is 17.3 Å². The van der Waals surface area contributed by atoms with Gasteiger partial charge in [-0.2, -0.15) is 0 Å². The molecule has 4 atom stereocenters. The van der Waals surface area contributed by atoms with Gasteiger partial charge in [-0.05, 0) is 62.7 Å². The predicted molar refractivity (Wildman–Crippen MR) is 96.8 cm³/mol. The first-order chi connectivity index (χ1) is 11.8. The van der Waals surface area contributed by atoms with E-state index in [-0.39, 0.29) is 11.8 Å². The van der Waals surface area contributed by atoms with E-state index in [0.29, 0.717) is 23.6 Å². The van der Waals surface area contributed by atoms with Gasteiger partial charge in [0.1, 0.15) is 5.69 Å². The number of aromatic nitrogens is 2. The van der Waals surface area contributed by atoms with Crippen LogP contribution in [0.15, 0.2) is 15.8 Å². The lowest BCUT2D eigenvalue weighted by Crippen LogP contribution is -2.63. The number of anilines is 1. The van der Waals surface area contributed by atoms with E-state index in [2.05, 4.69) is 31.2 Å². The number of nitrogens with one attached hydrogen (secondary N) is 2. The maximum absolute atomic E-state index is 12.7. The Hall–Kier alpha value is -1.56. The second-order valence-corrected chi connectivity index (χ2v) is 8.90. The average Bonchev–Trinajstić information content (AvgIpc) is 2.59. The van der Waals surface area contributed by atoms with E-state index in [4.69, 9.17) is 4.74 Å². The van der Waals surface area contributed by atoms with Gasteiger partial charge in [-0.25, -0.2) is 4.68 Å². The van der Waals surface area contributed by atoms with Gasteiger partial charge < -0.3 is 10.1 Å². The number of rotatable bonds is 3. The van der Waals surface area contributed by atoms with E-state index in [1.807, 2.05) is 0 Å². The van der Waals surface area contributed by atoms with E-state index in [1.165, 1.54) is 17.5 Å². The summed E-state index contributed by atoms with van der Waals surface area (Å²) in [4.78, 5) is 25.2. The molecule has 3 aliphatic carbocycles. The summed E-state index contributed by atoms with van der Waals surface area (Å²) < 4.78 is 6.98. The van der Waals surface area contributed by atoms with Gasteiger partial charge in [-0.15, -0.1) is 0 Å². The zero-order chi connectivity index (χ0) is 17.8. The molecule has 5 rings (SSSR count). The van der Waals surface area contributed by atoms with Crippen LogP contribution in [0.1, 0.15) is 65.5 Å². The highest BCUT2D eigenvalue weighted by Gasteiger charge is 2.59. The molecule has 2 heterocycles. The molecule has 138 valence electrons. The van der Waals surface area contributed by atoms with Crippen molar-refractivity contribution in [3.05, 3.63) is 26.8 Å². The summed E-state index contributed by atoms with van der Waals surface area (Å²) >= 11 is 0. The molecule has 6 heteroatoms. The van der Waals surface area contributed by atoms with Crippen LogP contribution in [-0.4, -0.2) is 21.9 Å². The minimum absolute atomic E-state index is 0.134. The molecule has 2 bridgehead atoms. The first kappa shape index (κ1) is 16.9. The van der Waals surface area contributed by atoms with E-state index < -0.39 is 11.0 Å². The normalized spacial score (nSPS) is 36.5. The summed E-state index contributed by atoms with van der Waals surface area (Å²) in [6.07, 6.45) is 7.50. The molecule has 25 heavy (non-hydrogen) atoms. The van der Waals surface area contributed by atoms with Crippen LogP contribution in [0.4, 0.5) is 5.69 Å². The quantitative estimate of drug-likeness (QED) is 0.825. The first-order valence-corrected chi connectivity index (χ1v) is 9.57. The number of H-pyrrole nitrogens is 1. The molecule has 0 radical (unpaired) electrons. The minimum Gasteiger partial charge on any atom is -0.375 e. The van der Waals surface area contributed by atoms with Crippen LogP contribution in [0.5, 0.6) is 0 Å². The SMILES string of the molecule is CC1(C)[C@H]2CC[C@@](C)(Nc3c[nH]n(C4CCCCO4)c(=O)c3=O)[C@H]1C2. The van der Waals surface area contributed by atoms with Crippen LogP contribution < -0.4 is 16.3 Å². The van der Waals surface area contributed by atoms with Crippen molar-refractivity contribution in [1.29, 1.82) is 0 Å². The van der Waals surface area contributed by atoms with Crippen molar-refractivity contribution in [3.8, 4) is 0 Å². The molecular formula is C19H29N3O3. The van der Waals surface area contributed by atoms with Gasteiger partial charge in [0.25, 0.3) is 5.43 Å². The molecule has 4 fully saturated rings. The molecule has 0 aromatic carbocycles. The number of nitrogens with zero attached hydrogens (tertiary/aromatic N) is 1. The van der Waals surface area contributed by atoms with Crippen molar-refractivity contribution in [2.75, 3.05) is 11.9 Å². The molecule has 2 N–H and O–H groups in total. The van der Waals surface area contributed by atoms with Gasteiger partial charge in [0.05, 0.1) is 0 Å². The highest BCUT2D eigenvalue weighted by atomic mass is 16.5. The summed E-state index contributed by atoms with van der Waals surface area (Å²) in [5.41, 5.74) is -0.431. The first-order valence-electron chi connectivity index (χ1n) is 9.57. The van der Waals surface area contributed by atoms with Crippen molar-refractivity contribution < 1.29 is 4.74 Å². The van der Waals surface area contributed by atoms with Gasteiger partial charge in [-0.1, -0.05) is 13.8 Å². The molecule has 1 aliphatic heterocycles. The number of hydrogen-bond acceptors (Lipinski definition) is 4. The van der Waals surface area contributed by atoms with Gasteiger partial charge in [0, 0.05) is 18.3 Å². The fourth-order valence-electron chi connectivity index (χ4n) is 5.41. The molecular weight excluding hydrogens is 318 g/mol. The van der Waals surface area contributed by atoms with Crippen LogP contribution in [0, 0.1) is 17.3 Å². The number of fused-ring (bicyclic) bond motifs is 2. The Morgan fingerprint density at radius 3 is 2.68 bits per heavy atom. The predicted octanol–water partition coefficient (Wildman–Crippen LogP) is 2.86. The third-order valence-corrected chi connectivity index (χ3v) is 7.12. The standard InChI is InChI=1S/C19H29N3O3/c1-18(2)12-7-8-19(3,14(18)10-12)21-13-11-20-22(17(24)16(13)23)15-6-4-5-9-25-15/h11-12,14-15,20-21H,4-10H2,1-3H3/t12-,14-,15?,19+/m0/s1. The molecule has 6 nitrogen and oxygen atoms in total. The maximum atomic E-state index is 12.7. The summed E-state index contributed by atoms with van der Waals surface area (Å²) in [5, 5.41) is 6.43. The number of aromatic amines is 1. The molecule has 0 spiro atoms. The Morgan fingerprint density at radius 1 is 1.24 bits per heavy atom. The zero-order valence-corrected chi connectivity index (χ0v) is 15.4. The monoisotopic (exact) mass is 347 g/mol. The fraction of sp³-hybridized carbons (Fsp3) is 0.789. The average molecular weight is 347 g/mol. The van der Waals surface area contributed by atoms with Crippen LogP contribution in [0.3, 0.4) is 0 Å². The third-order valence-electron chi connectivity index (χ3n) is 7.12. The molecule has 1 aromatic heterocycles. The smallest absolute Gasteiger partial charge is 0.317 e. The van der Waals surface area contributed by atoms with Gasteiger partial charge >= 0.3 is 5.56 Å². The Kier molecular flexibility index (Phi) is 3.87. The highest BCUT2D eigenvalue weighted by molar-refractivity contribution is 5.43. The molecule has 4 aliphatic rings. The zero-order valence-electron chi connectivity index (χ0n) is 15.4. The van der Waals surface area contributed by atoms with Crippen LogP contribution in [-0.2, 0) is 4.74 Å². The molecule has 1 aromatic rings. The lowest BCUT2D eigenvalue weighted by atomic mass is 9.43. The molecule has 0 amide bonds. The summed E-state index contributed by atoms with van der Waals surface area (Å²) in [7, 11) is 0. The minimum atomic E-state index is -0.526. The maximum Gasteiger partial charge on any atom is 0.317 e. The van der Waals surface area contributed by atoms with Crippen LogP contribution in [0.25, 0.3) is 0 Å². The second-order valence-electron chi connectivity index (χ2n) is 8.90. The van der Waals surface area contributed by atoms with Crippen molar-refractivity contribution in [2.45, 2.75) is 71.1 Å². The van der Waals surface area contributed by atoms with Crippen LogP contribution >= 0.6 is 0 Å². The van der Waals surface area contributed by atoms with E-state index in [1.54, 1.807) is 6.20 Å². The topological polar surface area (TPSA) is 76.1 Å². The van der Waals surface area contributed by atoms with Crippen molar-refractivity contribution in [1.82, 2.24) is 9.78 Å². The van der Waals surface area contributed by atoms with Gasteiger partial charge in [0.15, 0.2) is 6.23 Å². The van der Waals surface area contributed by atoms with Crippen molar-refractivity contribution in [3.63, 3.8) is 0 Å². The second kappa shape index (κ2) is 5.73. The molecule has 1 unspecified atom stereocenters.